The highest BCUT2D eigenvalue weighted by Crippen LogP contribution is 2.76. The molecule has 0 bridgehead atoms. The van der Waals surface area contributed by atoms with E-state index in [2.05, 4.69) is 27.4 Å². The number of ether oxygens (including phenoxy) is 2. The Bertz CT molecular complexity index is 1090. The minimum atomic E-state index is -1.59. The quantitative estimate of drug-likeness (QED) is 0.156. The SMILES string of the molecule is C=C(C)CCC[C@@](C)(O)[C@H]1CC[C@]2(C)[C@@H]1CC[C@@H]1[C@@]3(C)[C@H](O)[C@@H](O)[C@H](O[C@@H]4O[C@H](CO)[C@@H](O)[C@H](O)[C@H]4O)C(C)(C)[C@@H]3CC[C@]12C. The second-order valence-corrected chi connectivity index (χ2v) is 17.4. The number of aliphatic hydroxyl groups excluding tert-OH is 6. The van der Waals surface area contributed by atoms with E-state index in [-0.39, 0.29) is 28.6 Å². The summed E-state index contributed by atoms with van der Waals surface area (Å²) in [7, 11) is 0. The van der Waals surface area contributed by atoms with Gasteiger partial charge in [-0.2, -0.15) is 0 Å². The van der Waals surface area contributed by atoms with Crippen molar-refractivity contribution in [2.75, 3.05) is 6.61 Å². The van der Waals surface area contributed by atoms with Crippen molar-refractivity contribution < 1.29 is 45.2 Å². The van der Waals surface area contributed by atoms with Crippen LogP contribution in [0, 0.1) is 45.3 Å². The topological polar surface area (TPSA) is 160 Å². The molecule has 0 amide bonds. The Kier molecular flexibility index (Phi) is 9.56. The Hall–Kier alpha value is -0.620. The summed E-state index contributed by atoms with van der Waals surface area (Å²) in [6.45, 7) is 18.6. The van der Waals surface area contributed by atoms with E-state index in [0.29, 0.717) is 5.92 Å². The van der Waals surface area contributed by atoms with Crippen molar-refractivity contribution in [2.45, 2.75) is 161 Å². The van der Waals surface area contributed by atoms with Crippen LogP contribution in [0.1, 0.15) is 106 Å². The lowest BCUT2D eigenvalue weighted by Gasteiger charge is -2.71. The molecule has 5 fully saturated rings. The van der Waals surface area contributed by atoms with Gasteiger partial charge in [0.1, 0.15) is 30.5 Å². The molecule has 260 valence electrons. The Labute approximate surface area is 270 Å². The van der Waals surface area contributed by atoms with E-state index in [1.54, 1.807) is 0 Å². The van der Waals surface area contributed by atoms with E-state index < -0.39 is 72.1 Å². The van der Waals surface area contributed by atoms with Crippen LogP contribution in [0.3, 0.4) is 0 Å². The van der Waals surface area contributed by atoms with Crippen LogP contribution in [0.15, 0.2) is 12.2 Å². The highest BCUT2D eigenvalue weighted by Gasteiger charge is 2.73. The van der Waals surface area contributed by atoms with E-state index in [4.69, 9.17) is 9.47 Å². The lowest BCUT2D eigenvalue weighted by Crippen LogP contribution is -2.73. The van der Waals surface area contributed by atoms with Crippen LogP contribution in [0.2, 0.25) is 0 Å². The van der Waals surface area contributed by atoms with Gasteiger partial charge in [-0.25, -0.2) is 0 Å². The highest BCUT2D eigenvalue weighted by molar-refractivity contribution is 5.21. The summed E-state index contributed by atoms with van der Waals surface area (Å²) in [4.78, 5) is 0. The number of aliphatic hydroxyl groups is 7. The lowest BCUT2D eigenvalue weighted by molar-refractivity contribution is -0.355. The lowest BCUT2D eigenvalue weighted by atomic mass is 9.34. The number of hydrogen-bond acceptors (Lipinski definition) is 9. The van der Waals surface area contributed by atoms with Gasteiger partial charge in [0.15, 0.2) is 6.29 Å². The molecule has 0 spiro atoms. The van der Waals surface area contributed by atoms with Crippen LogP contribution < -0.4 is 0 Å². The number of allylic oxidation sites excluding steroid dienone is 1. The molecule has 9 nitrogen and oxygen atoms in total. The third-order valence-corrected chi connectivity index (χ3v) is 14.7. The molecule has 7 N–H and O–H groups in total. The van der Waals surface area contributed by atoms with Gasteiger partial charge >= 0.3 is 0 Å². The smallest absolute Gasteiger partial charge is 0.187 e. The molecule has 4 saturated carbocycles. The van der Waals surface area contributed by atoms with E-state index in [0.717, 1.165) is 63.4 Å². The molecular formula is C36H62O9. The van der Waals surface area contributed by atoms with Crippen molar-refractivity contribution in [3.8, 4) is 0 Å². The molecular weight excluding hydrogens is 576 g/mol. The third-order valence-electron chi connectivity index (χ3n) is 14.7. The molecule has 4 aliphatic carbocycles. The zero-order valence-corrected chi connectivity index (χ0v) is 28.7. The summed E-state index contributed by atoms with van der Waals surface area (Å²) >= 11 is 0. The number of hydrogen-bond donors (Lipinski definition) is 7. The second kappa shape index (κ2) is 12.1. The average Bonchev–Trinajstić information content (AvgIpc) is 3.33. The summed E-state index contributed by atoms with van der Waals surface area (Å²) in [6, 6.07) is 0. The fourth-order valence-electron chi connectivity index (χ4n) is 12.0. The van der Waals surface area contributed by atoms with Gasteiger partial charge in [-0.05, 0) is 112 Å². The van der Waals surface area contributed by atoms with Gasteiger partial charge < -0.3 is 45.2 Å². The van der Waals surface area contributed by atoms with Crippen molar-refractivity contribution in [3.05, 3.63) is 12.2 Å². The summed E-state index contributed by atoms with van der Waals surface area (Å²) in [5, 5.41) is 76.7. The first-order valence-corrected chi connectivity index (χ1v) is 17.5. The molecule has 16 atom stereocenters. The van der Waals surface area contributed by atoms with Crippen LogP contribution in [-0.4, -0.2) is 97.0 Å². The zero-order chi connectivity index (χ0) is 33.5. The maximum absolute atomic E-state index is 12.1. The number of fused-ring (bicyclic) bond motifs is 5. The number of rotatable bonds is 8. The molecule has 45 heavy (non-hydrogen) atoms. The standard InChI is InChI=1S/C36H62O9/c1-19(2)10-9-15-35(7,43)21-13-16-33(5)20(21)11-12-24-34(33,6)17-14-23-32(3,4)30(28(41)29(42)36(23,24)8)45-31-27(40)26(39)25(38)22(18-37)44-31/h20-31,37-43H,1,9-18H2,2-8H3/t20-,21+,22-,23+,24+,25-,26+,27-,28-,29-,30+,31+,33-,34-,35-,36+/m1/s1. The van der Waals surface area contributed by atoms with E-state index in [1.807, 2.05) is 27.7 Å². The molecule has 1 heterocycles. The Morgan fingerprint density at radius 3 is 2.13 bits per heavy atom. The zero-order valence-electron chi connectivity index (χ0n) is 28.7. The summed E-state index contributed by atoms with van der Waals surface area (Å²) in [5.41, 5.74) is -0.939. The van der Waals surface area contributed by atoms with Crippen LogP contribution >= 0.6 is 0 Å². The van der Waals surface area contributed by atoms with Crippen molar-refractivity contribution >= 4 is 0 Å². The normalized spacial score (nSPS) is 52.3. The van der Waals surface area contributed by atoms with Crippen molar-refractivity contribution in [1.29, 1.82) is 0 Å². The maximum atomic E-state index is 12.1. The Morgan fingerprint density at radius 2 is 1.51 bits per heavy atom. The first-order valence-electron chi connectivity index (χ1n) is 17.5. The minimum Gasteiger partial charge on any atom is -0.394 e. The van der Waals surface area contributed by atoms with Gasteiger partial charge in [0.2, 0.25) is 0 Å². The van der Waals surface area contributed by atoms with Gasteiger partial charge in [-0.3, -0.25) is 0 Å². The van der Waals surface area contributed by atoms with Crippen LogP contribution in [0.5, 0.6) is 0 Å². The predicted molar refractivity (Wildman–Crippen MR) is 170 cm³/mol. The molecule has 0 aromatic heterocycles. The fourth-order valence-corrected chi connectivity index (χ4v) is 12.0. The summed E-state index contributed by atoms with van der Waals surface area (Å²) < 4.78 is 11.9. The average molecular weight is 639 g/mol. The van der Waals surface area contributed by atoms with Crippen molar-refractivity contribution in [1.82, 2.24) is 0 Å². The van der Waals surface area contributed by atoms with E-state index in [9.17, 15) is 35.7 Å². The monoisotopic (exact) mass is 638 g/mol. The Morgan fingerprint density at radius 1 is 0.867 bits per heavy atom. The first-order chi connectivity index (χ1) is 20.8. The van der Waals surface area contributed by atoms with E-state index in [1.165, 1.54) is 0 Å². The maximum Gasteiger partial charge on any atom is 0.187 e. The van der Waals surface area contributed by atoms with Crippen molar-refractivity contribution in [2.24, 2.45) is 45.3 Å². The second-order valence-electron chi connectivity index (χ2n) is 17.4. The molecule has 0 unspecified atom stereocenters. The first kappa shape index (κ1) is 35.7. The Balaban J connectivity index is 1.40. The molecule has 5 aliphatic rings. The van der Waals surface area contributed by atoms with E-state index >= 15 is 0 Å². The van der Waals surface area contributed by atoms with Crippen LogP contribution in [0.25, 0.3) is 0 Å². The third kappa shape index (κ3) is 5.30. The van der Waals surface area contributed by atoms with Crippen LogP contribution in [0.4, 0.5) is 0 Å². The van der Waals surface area contributed by atoms with Gasteiger partial charge in [-0.15, -0.1) is 6.58 Å². The molecule has 0 radical (unpaired) electrons. The van der Waals surface area contributed by atoms with Crippen molar-refractivity contribution in [3.63, 3.8) is 0 Å². The molecule has 0 aromatic rings. The van der Waals surface area contributed by atoms with Crippen LogP contribution in [-0.2, 0) is 9.47 Å². The largest absolute Gasteiger partial charge is 0.394 e. The molecule has 1 aliphatic heterocycles. The molecule has 1 saturated heterocycles. The van der Waals surface area contributed by atoms with Gasteiger partial charge in [-0.1, -0.05) is 40.2 Å². The fraction of sp³-hybridized carbons (Fsp3) is 0.944. The summed E-state index contributed by atoms with van der Waals surface area (Å²) in [6.07, 6.45) is -2.14. The minimum absolute atomic E-state index is 0.00853. The molecule has 0 aromatic carbocycles. The predicted octanol–water partition coefficient (Wildman–Crippen LogP) is 3.30. The molecule has 9 heteroatoms. The highest BCUT2D eigenvalue weighted by atomic mass is 16.7. The van der Waals surface area contributed by atoms with Gasteiger partial charge in [0.25, 0.3) is 0 Å². The van der Waals surface area contributed by atoms with Gasteiger partial charge in [0.05, 0.1) is 24.4 Å². The summed E-state index contributed by atoms with van der Waals surface area (Å²) in [5.74, 6) is 0.749. The van der Waals surface area contributed by atoms with Gasteiger partial charge in [0, 0.05) is 5.41 Å². The molecule has 5 rings (SSSR count).